The maximum absolute atomic E-state index is 5.63. The normalized spacial score (nSPS) is 18.0. The van der Waals surface area contributed by atoms with Crippen molar-refractivity contribution in [2.45, 2.75) is 40.3 Å². The van der Waals surface area contributed by atoms with Gasteiger partial charge in [0.25, 0.3) is 0 Å². The quantitative estimate of drug-likeness (QED) is 0.636. The molecule has 68 valence electrons. The first-order valence-electron chi connectivity index (χ1n) is 4.20. The maximum atomic E-state index is 5.63. The van der Waals surface area contributed by atoms with Gasteiger partial charge in [-0.1, -0.05) is 20.8 Å². The molecule has 0 heterocycles. The molecule has 2 heteroatoms. The van der Waals surface area contributed by atoms with Crippen LogP contribution in [0.5, 0.6) is 0 Å². The number of hydrogen-bond donors (Lipinski definition) is 1. The van der Waals surface area contributed by atoms with E-state index in [2.05, 4.69) is 33.0 Å². The zero-order valence-electron chi connectivity index (χ0n) is 8.62. The van der Waals surface area contributed by atoms with Gasteiger partial charge >= 0.3 is 0 Å². The fourth-order valence-corrected chi connectivity index (χ4v) is 0.952. The second kappa shape index (κ2) is 3.55. The van der Waals surface area contributed by atoms with Crippen molar-refractivity contribution in [3.05, 3.63) is 0 Å². The van der Waals surface area contributed by atoms with Crippen LogP contribution in [-0.4, -0.2) is 19.4 Å². The van der Waals surface area contributed by atoms with Gasteiger partial charge in [-0.25, -0.2) is 0 Å². The van der Waals surface area contributed by atoms with Gasteiger partial charge in [-0.2, -0.15) is 0 Å². The van der Waals surface area contributed by atoms with Crippen molar-refractivity contribution in [2.24, 2.45) is 5.41 Å². The SMILES string of the molecule is CCOC(C)(NC)C(C)(C)C. The van der Waals surface area contributed by atoms with E-state index in [0.29, 0.717) is 0 Å². The minimum absolute atomic E-state index is 0.123. The summed E-state index contributed by atoms with van der Waals surface area (Å²) in [5.41, 5.74) is -0.0977. The van der Waals surface area contributed by atoms with Crippen molar-refractivity contribution < 1.29 is 4.74 Å². The van der Waals surface area contributed by atoms with E-state index in [1.165, 1.54) is 0 Å². The van der Waals surface area contributed by atoms with E-state index in [1.807, 2.05) is 14.0 Å². The molecule has 0 bridgehead atoms. The second-order valence-corrected chi connectivity index (χ2v) is 3.97. The van der Waals surface area contributed by atoms with E-state index in [9.17, 15) is 0 Å². The highest BCUT2D eigenvalue weighted by Crippen LogP contribution is 2.30. The first-order valence-corrected chi connectivity index (χ1v) is 4.20. The van der Waals surface area contributed by atoms with E-state index in [-0.39, 0.29) is 11.1 Å². The Morgan fingerprint density at radius 3 is 1.73 bits per heavy atom. The predicted molar refractivity (Wildman–Crippen MR) is 48.5 cm³/mol. The molecule has 0 amide bonds. The number of rotatable bonds is 3. The number of nitrogens with one attached hydrogen (secondary N) is 1. The summed E-state index contributed by atoms with van der Waals surface area (Å²) in [5, 5.41) is 3.20. The highest BCUT2D eigenvalue weighted by atomic mass is 16.5. The first kappa shape index (κ1) is 10.9. The molecule has 0 aliphatic carbocycles. The van der Waals surface area contributed by atoms with Crippen LogP contribution in [0.2, 0.25) is 0 Å². The lowest BCUT2D eigenvalue weighted by molar-refractivity contribution is -0.118. The zero-order chi connectivity index (χ0) is 9.12. The van der Waals surface area contributed by atoms with Crippen LogP contribution in [0.15, 0.2) is 0 Å². The summed E-state index contributed by atoms with van der Waals surface area (Å²) >= 11 is 0. The molecule has 0 spiro atoms. The Morgan fingerprint density at radius 2 is 1.64 bits per heavy atom. The molecular formula is C9H21NO. The van der Waals surface area contributed by atoms with E-state index in [1.54, 1.807) is 0 Å². The molecule has 0 aliphatic rings. The molecule has 0 fully saturated rings. The Balaban J connectivity index is 4.33. The summed E-state index contributed by atoms with van der Waals surface area (Å²) in [6, 6.07) is 0. The topological polar surface area (TPSA) is 21.3 Å². The van der Waals surface area contributed by atoms with Crippen LogP contribution in [0, 0.1) is 5.41 Å². The number of hydrogen-bond acceptors (Lipinski definition) is 2. The van der Waals surface area contributed by atoms with E-state index in [4.69, 9.17) is 4.74 Å². The summed E-state index contributed by atoms with van der Waals surface area (Å²) in [5.74, 6) is 0. The summed E-state index contributed by atoms with van der Waals surface area (Å²) in [7, 11) is 1.93. The number of ether oxygens (including phenoxy) is 1. The molecule has 1 N–H and O–H groups in total. The summed E-state index contributed by atoms with van der Waals surface area (Å²) in [6.45, 7) is 11.3. The maximum Gasteiger partial charge on any atom is 0.120 e. The molecular weight excluding hydrogens is 138 g/mol. The van der Waals surface area contributed by atoms with Gasteiger partial charge in [0, 0.05) is 12.0 Å². The van der Waals surface area contributed by atoms with Crippen molar-refractivity contribution in [1.82, 2.24) is 5.32 Å². The molecule has 0 saturated heterocycles. The van der Waals surface area contributed by atoms with Crippen LogP contribution < -0.4 is 5.32 Å². The lowest BCUT2D eigenvalue weighted by Crippen LogP contribution is -2.53. The van der Waals surface area contributed by atoms with Gasteiger partial charge in [0.1, 0.15) is 5.72 Å². The monoisotopic (exact) mass is 159 g/mol. The van der Waals surface area contributed by atoms with Crippen molar-refractivity contribution in [3.8, 4) is 0 Å². The molecule has 11 heavy (non-hydrogen) atoms. The molecule has 0 aromatic carbocycles. The molecule has 0 rings (SSSR count). The molecule has 0 saturated carbocycles. The highest BCUT2D eigenvalue weighted by Gasteiger charge is 2.36. The second-order valence-electron chi connectivity index (χ2n) is 3.97. The third kappa shape index (κ3) is 2.46. The standard InChI is InChI=1S/C9H21NO/c1-7-11-9(5,10-6)8(2,3)4/h10H,7H2,1-6H3. The first-order chi connectivity index (χ1) is 4.87. The van der Waals surface area contributed by atoms with Gasteiger partial charge in [0.05, 0.1) is 0 Å². The van der Waals surface area contributed by atoms with Gasteiger partial charge in [-0.05, 0) is 20.9 Å². The lowest BCUT2D eigenvalue weighted by atomic mass is 9.84. The van der Waals surface area contributed by atoms with Crippen LogP contribution in [0.25, 0.3) is 0 Å². The van der Waals surface area contributed by atoms with Gasteiger partial charge in [0.2, 0.25) is 0 Å². The van der Waals surface area contributed by atoms with Gasteiger partial charge in [-0.3, -0.25) is 5.32 Å². The van der Waals surface area contributed by atoms with Crippen molar-refractivity contribution in [3.63, 3.8) is 0 Å². The van der Waals surface area contributed by atoms with Crippen molar-refractivity contribution in [1.29, 1.82) is 0 Å². The molecule has 0 radical (unpaired) electrons. The van der Waals surface area contributed by atoms with Crippen LogP contribution in [-0.2, 0) is 4.74 Å². The third-order valence-electron chi connectivity index (χ3n) is 2.34. The summed E-state index contributed by atoms with van der Waals surface area (Å²) in [4.78, 5) is 0. The molecule has 0 aliphatic heterocycles. The van der Waals surface area contributed by atoms with E-state index < -0.39 is 0 Å². The predicted octanol–water partition coefficient (Wildman–Crippen LogP) is 2.00. The van der Waals surface area contributed by atoms with E-state index >= 15 is 0 Å². The van der Waals surface area contributed by atoms with Crippen molar-refractivity contribution in [2.75, 3.05) is 13.7 Å². The third-order valence-corrected chi connectivity index (χ3v) is 2.34. The minimum Gasteiger partial charge on any atom is -0.361 e. The minimum atomic E-state index is -0.220. The molecule has 1 atom stereocenters. The Bertz CT molecular complexity index is 117. The Hall–Kier alpha value is -0.0800. The van der Waals surface area contributed by atoms with Crippen LogP contribution >= 0.6 is 0 Å². The Morgan fingerprint density at radius 1 is 1.18 bits per heavy atom. The average Bonchev–Trinajstić information content (AvgIpc) is 1.86. The Kier molecular flexibility index (Phi) is 3.52. The van der Waals surface area contributed by atoms with Crippen LogP contribution in [0.1, 0.15) is 34.6 Å². The summed E-state index contributed by atoms with van der Waals surface area (Å²) in [6.07, 6.45) is 0. The zero-order valence-corrected chi connectivity index (χ0v) is 8.62. The molecule has 1 unspecified atom stereocenters. The molecule has 0 aromatic rings. The molecule has 0 aromatic heterocycles. The molecule has 2 nitrogen and oxygen atoms in total. The lowest BCUT2D eigenvalue weighted by Gasteiger charge is -2.41. The van der Waals surface area contributed by atoms with E-state index in [0.717, 1.165) is 6.61 Å². The fraction of sp³-hybridized carbons (Fsp3) is 1.00. The van der Waals surface area contributed by atoms with Crippen LogP contribution in [0.4, 0.5) is 0 Å². The highest BCUT2D eigenvalue weighted by molar-refractivity contribution is 4.84. The average molecular weight is 159 g/mol. The fourth-order valence-electron chi connectivity index (χ4n) is 0.952. The van der Waals surface area contributed by atoms with Crippen LogP contribution in [0.3, 0.4) is 0 Å². The summed E-state index contributed by atoms with van der Waals surface area (Å²) < 4.78 is 5.63. The Labute approximate surface area is 70.3 Å². The van der Waals surface area contributed by atoms with Crippen molar-refractivity contribution >= 4 is 0 Å². The smallest absolute Gasteiger partial charge is 0.120 e. The van der Waals surface area contributed by atoms with Gasteiger partial charge in [-0.15, -0.1) is 0 Å². The largest absolute Gasteiger partial charge is 0.361 e. The van der Waals surface area contributed by atoms with Gasteiger partial charge in [0.15, 0.2) is 0 Å². The van der Waals surface area contributed by atoms with Gasteiger partial charge < -0.3 is 4.74 Å².